The van der Waals surface area contributed by atoms with Gasteiger partial charge in [-0.25, -0.2) is 19.9 Å². The molecule has 0 saturated heterocycles. The Bertz CT molecular complexity index is 1870. The highest BCUT2D eigenvalue weighted by Gasteiger charge is 2.35. The SMILES string of the molecule is CC.CC.CC.CC.N#CN=C1c2nc(-c3ccccc3)c(-c3ccccc3)nc2C(=NC#N)c2nc(-c3ccccc3)c(-c3ccccc3)nc21. The van der Waals surface area contributed by atoms with E-state index in [1.807, 2.05) is 189 Å². The molecule has 1 aliphatic carbocycles. The molecule has 0 amide bonds. The van der Waals surface area contributed by atoms with E-state index in [1.54, 1.807) is 0 Å². The summed E-state index contributed by atoms with van der Waals surface area (Å²) >= 11 is 0. The van der Waals surface area contributed by atoms with Crippen LogP contribution < -0.4 is 0 Å². The van der Waals surface area contributed by atoms with Gasteiger partial charge < -0.3 is 0 Å². The average molecular weight is 685 g/mol. The van der Waals surface area contributed by atoms with Crippen LogP contribution in [0.2, 0.25) is 0 Å². The Labute approximate surface area is 308 Å². The predicted octanol–water partition coefficient (Wildman–Crippen LogP) is 11.0. The number of nitriles is 2. The van der Waals surface area contributed by atoms with Crippen LogP contribution in [-0.2, 0) is 0 Å². The molecule has 52 heavy (non-hydrogen) atoms. The summed E-state index contributed by atoms with van der Waals surface area (Å²) in [5, 5.41) is 19.7. The molecular formula is C44H44N8. The zero-order valence-electron chi connectivity index (χ0n) is 31.1. The van der Waals surface area contributed by atoms with Crippen molar-refractivity contribution in [1.82, 2.24) is 19.9 Å². The monoisotopic (exact) mass is 684 g/mol. The van der Waals surface area contributed by atoms with Crippen LogP contribution in [0.1, 0.15) is 78.2 Å². The highest BCUT2D eigenvalue weighted by atomic mass is 15.0. The van der Waals surface area contributed by atoms with Gasteiger partial charge in [-0.15, -0.1) is 0 Å². The number of nitrogens with zero attached hydrogens (tertiary/aromatic N) is 8. The van der Waals surface area contributed by atoms with Gasteiger partial charge in [0.1, 0.15) is 34.2 Å². The Hall–Kier alpha value is -6.64. The van der Waals surface area contributed by atoms with Gasteiger partial charge in [0.2, 0.25) is 12.4 Å². The van der Waals surface area contributed by atoms with Crippen molar-refractivity contribution in [3.8, 4) is 57.4 Å². The molecule has 8 heteroatoms. The minimum Gasteiger partial charge on any atom is -0.241 e. The molecule has 0 radical (unpaired) electrons. The molecule has 0 aliphatic heterocycles. The fraction of sp³-hybridized carbons (Fsp3) is 0.182. The maximum Gasteiger partial charge on any atom is 0.206 e. The molecule has 260 valence electrons. The Morgan fingerprint density at radius 1 is 0.327 bits per heavy atom. The van der Waals surface area contributed by atoms with Crippen LogP contribution in [-0.4, -0.2) is 31.4 Å². The lowest BCUT2D eigenvalue weighted by Crippen LogP contribution is -2.29. The van der Waals surface area contributed by atoms with Crippen molar-refractivity contribution in [3.63, 3.8) is 0 Å². The van der Waals surface area contributed by atoms with E-state index in [0.29, 0.717) is 45.6 Å². The van der Waals surface area contributed by atoms with E-state index in [2.05, 4.69) is 9.98 Å². The Balaban J connectivity index is 0.000000855. The quantitative estimate of drug-likeness (QED) is 0.170. The molecule has 6 aromatic rings. The molecule has 4 aromatic carbocycles. The van der Waals surface area contributed by atoms with Crippen LogP contribution in [0.25, 0.3) is 45.0 Å². The van der Waals surface area contributed by atoms with Crippen molar-refractivity contribution >= 4 is 11.4 Å². The number of benzene rings is 4. The van der Waals surface area contributed by atoms with Crippen LogP contribution >= 0.6 is 0 Å². The summed E-state index contributed by atoms with van der Waals surface area (Å²) in [6.07, 6.45) is 3.85. The number of rotatable bonds is 4. The molecule has 2 heterocycles. The Morgan fingerprint density at radius 3 is 0.692 bits per heavy atom. The van der Waals surface area contributed by atoms with Gasteiger partial charge >= 0.3 is 0 Å². The van der Waals surface area contributed by atoms with Gasteiger partial charge in [0.25, 0.3) is 0 Å². The van der Waals surface area contributed by atoms with Crippen molar-refractivity contribution in [2.75, 3.05) is 0 Å². The van der Waals surface area contributed by atoms with Crippen molar-refractivity contribution in [2.24, 2.45) is 9.98 Å². The molecule has 0 atom stereocenters. The predicted molar refractivity (Wildman–Crippen MR) is 214 cm³/mol. The first-order valence-electron chi connectivity index (χ1n) is 17.8. The van der Waals surface area contributed by atoms with Crippen LogP contribution in [0.5, 0.6) is 0 Å². The first-order chi connectivity index (χ1) is 25.8. The number of hydrogen-bond donors (Lipinski definition) is 0. The lowest BCUT2D eigenvalue weighted by atomic mass is 9.92. The van der Waals surface area contributed by atoms with Crippen LogP contribution in [0.3, 0.4) is 0 Å². The zero-order chi connectivity index (χ0) is 37.9. The lowest BCUT2D eigenvalue weighted by Gasteiger charge is -2.23. The number of aliphatic imine (C=N–C) groups is 2. The van der Waals surface area contributed by atoms with E-state index in [9.17, 15) is 10.5 Å². The summed E-state index contributed by atoms with van der Waals surface area (Å²) in [6, 6.07) is 38.7. The minimum atomic E-state index is 0.211. The first-order valence-corrected chi connectivity index (χ1v) is 17.8. The van der Waals surface area contributed by atoms with Gasteiger partial charge in [0, 0.05) is 22.3 Å². The Kier molecular flexibility index (Phi) is 15.9. The summed E-state index contributed by atoms with van der Waals surface area (Å²) < 4.78 is 0. The van der Waals surface area contributed by atoms with Crippen LogP contribution in [0, 0.1) is 22.9 Å². The van der Waals surface area contributed by atoms with E-state index in [0.717, 1.165) is 22.3 Å². The highest BCUT2D eigenvalue weighted by Crippen LogP contribution is 2.36. The summed E-state index contributed by atoms with van der Waals surface area (Å²) in [7, 11) is 0. The van der Waals surface area contributed by atoms with Crippen molar-refractivity contribution in [2.45, 2.75) is 55.4 Å². The van der Waals surface area contributed by atoms with E-state index >= 15 is 0 Å². The molecular weight excluding hydrogens is 641 g/mol. The van der Waals surface area contributed by atoms with Gasteiger partial charge in [-0.1, -0.05) is 177 Å². The maximum absolute atomic E-state index is 9.86. The third kappa shape index (κ3) is 8.56. The Morgan fingerprint density at radius 2 is 0.519 bits per heavy atom. The average Bonchev–Trinajstić information content (AvgIpc) is 3.25. The van der Waals surface area contributed by atoms with E-state index in [-0.39, 0.29) is 11.4 Å². The summed E-state index contributed by atoms with van der Waals surface area (Å²) in [5.74, 6) is 0. The second-order valence-corrected chi connectivity index (χ2v) is 9.82. The molecule has 0 saturated carbocycles. The normalized spacial score (nSPS) is 10.2. The minimum absolute atomic E-state index is 0.211. The molecule has 1 aliphatic rings. The highest BCUT2D eigenvalue weighted by molar-refractivity contribution is 6.29. The fourth-order valence-corrected chi connectivity index (χ4v) is 5.26. The van der Waals surface area contributed by atoms with Crippen LogP contribution in [0.15, 0.2) is 131 Å². The first kappa shape index (κ1) is 39.8. The van der Waals surface area contributed by atoms with E-state index in [4.69, 9.17) is 19.9 Å². The molecule has 0 N–H and O–H groups in total. The fourth-order valence-electron chi connectivity index (χ4n) is 5.26. The second kappa shape index (κ2) is 20.8. The van der Waals surface area contributed by atoms with Crippen LogP contribution in [0.4, 0.5) is 0 Å². The molecule has 0 fully saturated rings. The second-order valence-electron chi connectivity index (χ2n) is 9.82. The van der Waals surface area contributed by atoms with E-state index in [1.165, 1.54) is 0 Å². The third-order valence-corrected chi connectivity index (χ3v) is 7.20. The zero-order valence-corrected chi connectivity index (χ0v) is 31.1. The van der Waals surface area contributed by atoms with Gasteiger partial charge in [-0.3, -0.25) is 0 Å². The van der Waals surface area contributed by atoms with Gasteiger partial charge in [-0.2, -0.15) is 20.5 Å². The third-order valence-electron chi connectivity index (χ3n) is 7.20. The maximum atomic E-state index is 9.86. The molecule has 0 spiro atoms. The van der Waals surface area contributed by atoms with Crippen molar-refractivity contribution in [3.05, 3.63) is 144 Å². The van der Waals surface area contributed by atoms with Gasteiger partial charge in [0.15, 0.2) is 0 Å². The van der Waals surface area contributed by atoms with Gasteiger partial charge in [-0.05, 0) is 0 Å². The largest absolute Gasteiger partial charge is 0.241 e. The standard InChI is InChI=1S/C36H20N8.4C2H6/c37-21-39-31-33-34(42-28(24-15-7-2-8-16-24)27(41-33)23-13-5-1-6-14-23)32(40-22-38)36-35(31)43-29(25-17-9-3-10-18-25)30(44-36)26-19-11-4-12-20-26;4*1-2/h1-20H;4*1-2H3. The van der Waals surface area contributed by atoms with Gasteiger partial charge in [0.05, 0.1) is 22.8 Å². The molecule has 2 aromatic heterocycles. The molecule has 8 nitrogen and oxygen atoms in total. The van der Waals surface area contributed by atoms with Crippen molar-refractivity contribution in [1.29, 1.82) is 10.5 Å². The topological polar surface area (TPSA) is 124 Å². The summed E-state index contributed by atoms with van der Waals surface area (Å²) in [6.45, 7) is 16.0. The molecule has 0 bridgehead atoms. The summed E-state index contributed by atoms with van der Waals surface area (Å²) in [4.78, 5) is 28.7. The summed E-state index contributed by atoms with van der Waals surface area (Å²) in [5.41, 5.74) is 7.32. The molecule has 0 unspecified atom stereocenters. The number of hydrogen-bond acceptors (Lipinski definition) is 8. The van der Waals surface area contributed by atoms with E-state index < -0.39 is 0 Å². The number of fused-ring (bicyclic) bond motifs is 2. The smallest absolute Gasteiger partial charge is 0.206 e. The number of aromatic nitrogens is 4. The lowest BCUT2D eigenvalue weighted by molar-refractivity contribution is 1.10. The van der Waals surface area contributed by atoms with Crippen molar-refractivity contribution < 1.29 is 0 Å². The molecule has 7 rings (SSSR count).